The molecule has 0 radical (unpaired) electrons. The second kappa shape index (κ2) is 11.7. The lowest BCUT2D eigenvalue weighted by Gasteiger charge is -2.12. The third kappa shape index (κ3) is 7.15. The Bertz CT molecular complexity index is 708. The van der Waals surface area contributed by atoms with Gasteiger partial charge in [0.05, 0.1) is 7.11 Å². The molecule has 0 aliphatic heterocycles. The fraction of sp³-hybridized carbons (Fsp3) is 0.316. The summed E-state index contributed by atoms with van der Waals surface area (Å²) >= 11 is 0. The Morgan fingerprint density at radius 2 is 1.81 bits per heavy atom. The topological polar surface area (TPSA) is 45.7 Å². The van der Waals surface area contributed by atoms with E-state index < -0.39 is 11.6 Å². The Balaban J connectivity index is 0.00000338. The van der Waals surface area contributed by atoms with Crippen molar-refractivity contribution in [2.45, 2.75) is 19.4 Å². The largest absolute Gasteiger partial charge is 0.497 e. The molecule has 0 amide bonds. The molecule has 0 saturated carbocycles. The summed E-state index contributed by atoms with van der Waals surface area (Å²) in [5.74, 6) is 0.499. The summed E-state index contributed by atoms with van der Waals surface area (Å²) in [5, 5.41) is 6.15. The molecule has 7 heteroatoms. The summed E-state index contributed by atoms with van der Waals surface area (Å²) in [6.45, 7) is 0.888. The van der Waals surface area contributed by atoms with Crippen LogP contribution in [0.5, 0.6) is 5.75 Å². The van der Waals surface area contributed by atoms with Gasteiger partial charge in [0.15, 0.2) is 5.96 Å². The molecule has 0 heterocycles. The Hall–Kier alpha value is -1.90. The summed E-state index contributed by atoms with van der Waals surface area (Å²) in [5.41, 5.74) is 1.49. The third-order valence-electron chi connectivity index (χ3n) is 3.77. The molecule has 2 aromatic rings. The number of aliphatic imine (C=N–C) groups is 1. The maximum atomic E-state index is 13.6. The smallest absolute Gasteiger partial charge is 0.191 e. The van der Waals surface area contributed by atoms with Gasteiger partial charge >= 0.3 is 0 Å². The van der Waals surface area contributed by atoms with E-state index in [2.05, 4.69) is 15.6 Å². The predicted molar refractivity (Wildman–Crippen MR) is 111 cm³/mol. The van der Waals surface area contributed by atoms with E-state index >= 15 is 0 Å². The van der Waals surface area contributed by atoms with Crippen molar-refractivity contribution in [2.75, 3.05) is 20.7 Å². The summed E-state index contributed by atoms with van der Waals surface area (Å²) in [4.78, 5) is 4.08. The first-order chi connectivity index (χ1) is 12.1. The third-order valence-corrected chi connectivity index (χ3v) is 3.77. The molecule has 0 aliphatic rings. The number of rotatable bonds is 7. The van der Waals surface area contributed by atoms with Crippen LogP contribution in [0, 0.1) is 11.6 Å². The van der Waals surface area contributed by atoms with E-state index in [9.17, 15) is 8.78 Å². The normalized spacial score (nSPS) is 10.8. The van der Waals surface area contributed by atoms with Gasteiger partial charge in [0.2, 0.25) is 0 Å². The quantitative estimate of drug-likeness (QED) is 0.277. The van der Waals surface area contributed by atoms with Crippen molar-refractivity contribution in [1.82, 2.24) is 10.6 Å². The summed E-state index contributed by atoms with van der Waals surface area (Å²) in [7, 11) is 3.29. The van der Waals surface area contributed by atoms with Gasteiger partial charge in [0.1, 0.15) is 17.4 Å². The average Bonchev–Trinajstić information content (AvgIpc) is 2.64. The number of nitrogens with one attached hydrogen (secondary N) is 2. The minimum absolute atomic E-state index is 0. The molecule has 2 N–H and O–H groups in total. The van der Waals surface area contributed by atoms with Crippen LogP contribution < -0.4 is 15.4 Å². The van der Waals surface area contributed by atoms with Gasteiger partial charge in [-0.15, -0.1) is 24.0 Å². The van der Waals surface area contributed by atoms with Gasteiger partial charge in [-0.2, -0.15) is 0 Å². The van der Waals surface area contributed by atoms with E-state index in [4.69, 9.17) is 4.74 Å². The molecule has 26 heavy (non-hydrogen) atoms. The van der Waals surface area contributed by atoms with E-state index in [0.717, 1.165) is 37.3 Å². The molecule has 0 atom stereocenters. The number of halogens is 3. The molecule has 0 aromatic heterocycles. The second-order valence-corrected chi connectivity index (χ2v) is 5.54. The van der Waals surface area contributed by atoms with Crippen molar-refractivity contribution in [2.24, 2.45) is 4.99 Å². The van der Waals surface area contributed by atoms with Crippen LogP contribution in [0.25, 0.3) is 0 Å². The molecular formula is C19H24F2IN3O. The zero-order valence-corrected chi connectivity index (χ0v) is 17.2. The van der Waals surface area contributed by atoms with Gasteiger partial charge in [0.25, 0.3) is 0 Å². The number of hydrogen-bond acceptors (Lipinski definition) is 2. The maximum absolute atomic E-state index is 13.6. The lowest BCUT2D eigenvalue weighted by atomic mass is 10.1. The minimum atomic E-state index is -0.458. The monoisotopic (exact) mass is 475 g/mol. The molecule has 0 saturated heterocycles. The fourth-order valence-corrected chi connectivity index (χ4v) is 2.37. The van der Waals surface area contributed by atoms with Gasteiger partial charge in [-0.1, -0.05) is 12.1 Å². The number of methoxy groups -OCH3 is 1. The number of hydrogen-bond donors (Lipinski definition) is 2. The van der Waals surface area contributed by atoms with Crippen molar-refractivity contribution in [1.29, 1.82) is 0 Å². The molecule has 2 aromatic carbocycles. The van der Waals surface area contributed by atoms with Crippen molar-refractivity contribution in [3.8, 4) is 5.75 Å². The number of guanidine groups is 1. The number of nitrogens with zero attached hydrogens (tertiary/aromatic N) is 1. The van der Waals surface area contributed by atoms with Crippen LogP contribution in [0.1, 0.15) is 17.5 Å². The first-order valence-corrected chi connectivity index (χ1v) is 8.13. The Labute approximate surface area is 170 Å². The summed E-state index contributed by atoms with van der Waals surface area (Å²) < 4.78 is 31.9. The first kappa shape index (κ1) is 22.1. The lowest BCUT2D eigenvalue weighted by Crippen LogP contribution is -2.37. The first-order valence-electron chi connectivity index (χ1n) is 8.13. The lowest BCUT2D eigenvalue weighted by molar-refractivity contribution is 0.414. The highest BCUT2D eigenvalue weighted by Crippen LogP contribution is 2.12. The Morgan fingerprint density at radius 3 is 2.46 bits per heavy atom. The number of aryl methyl sites for hydroxylation is 1. The minimum Gasteiger partial charge on any atom is -0.497 e. The highest BCUT2D eigenvalue weighted by atomic mass is 127. The van der Waals surface area contributed by atoms with Crippen molar-refractivity contribution in [3.05, 3.63) is 65.2 Å². The van der Waals surface area contributed by atoms with Gasteiger partial charge in [-0.05, 0) is 48.7 Å². The van der Waals surface area contributed by atoms with Crippen molar-refractivity contribution in [3.63, 3.8) is 0 Å². The van der Waals surface area contributed by atoms with Crippen LogP contribution in [-0.4, -0.2) is 26.7 Å². The van der Waals surface area contributed by atoms with Crippen LogP contribution in [-0.2, 0) is 13.0 Å². The van der Waals surface area contributed by atoms with E-state index in [-0.39, 0.29) is 36.1 Å². The SMILES string of the molecule is CN=C(NCCCc1ccc(OC)cc1)NCc1cc(F)ccc1F.I. The molecule has 142 valence electrons. The zero-order valence-electron chi connectivity index (χ0n) is 14.9. The highest BCUT2D eigenvalue weighted by molar-refractivity contribution is 14.0. The number of benzene rings is 2. The van der Waals surface area contributed by atoms with Crippen LogP contribution >= 0.6 is 24.0 Å². The van der Waals surface area contributed by atoms with Crippen molar-refractivity contribution >= 4 is 29.9 Å². The Kier molecular flexibility index (Phi) is 9.93. The molecule has 0 aliphatic carbocycles. The van der Waals surface area contributed by atoms with Crippen molar-refractivity contribution < 1.29 is 13.5 Å². The van der Waals surface area contributed by atoms with Gasteiger partial charge in [0, 0.05) is 25.7 Å². The maximum Gasteiger partial charge on any atom is 0.191 e. The van der Waals surface area contributed by atoms with Gasteiger partial charge in [-0.3, -0.25) is 4.99 Å². The van der Waals surface area contributed by atoms with E-state index in [1.165, 1.54) is 11.6 Å². The van der Waals surface area contributed by atoms with Gasteiger partial charge < -0.3 is 15.4 Å². The molecule has 0 spiro atoms. The zero-order chi connectivity index (χ0) is 18.1. The van der Waals surface area contributed by atoms with E-state index in [1.807, 2.05) is 24.3 Å². The molecule has 0 bridgehead atoms. The standard InChI is InChI=1S/C19H23F2N3O.HI/c1-22-19(24-13-15-12-16(20)7-10-18(15)21)23-11-3-4-14-5-8-17(25-2)9-6-14;/h5-10,12H,3-4,11,13H2,1-2H3,(H2,22,23,24);1H. The van der Waals surface area contributed by atoms with Crippen LogP contribution in [0.4, 0.5) is 8.78 Å². The molecule has 0 fully saturated rings. The molecule has 2 rings (SSSR count). The number of ether oxygens (including phenoxy) is 1. The van der Waals surface area contributed by atoms with E-state index in [0.29, 0.717) is 5.96 Å². The van der Waals surface area contributed by atoms with E-state index in [1.54, 1.807) is 14.2 Å². The predicted octanol–water partition coefficient (Wildman–Crippen LogP) is 3.89. The van der Waals surface area contributed by atoms with Crippen LogP contribution in [0.2, 0.25) is 0 Å². The van der Waals surface area contributed by atoms with Crippen LogP contribution in [0.15, 0.2) is 47.5 Å². The molecule has 4 nitrogen and oxygen atoms in total. The fourth-order valence-electron chi connectivity index (χ4n) is 2.37. The van der Waals surface area contributed by atoms with Gasteiger partial charge in [-0.25, -0.2) is 8.78 Å². The van der Waals surface area contributed by atoms with Crippen LogP contribution in [0.3, 0.4) is 0 Å². The second-order valence-electron chi connectivity index (χ2n) is 5.54. The summed E-state index contributed by atoms with van der Waals surface area (Å²) in [6.07, 6.45) is 1.84. The molecule has 0 unspecified atom stereocenters. The highest BCUT2D eigenvalue weighted by Gasteiger charge is 2.05. The molecular weight excluding hydrogens is 451 g/mol. The summed E-state index contributed by atoms with van der Waals surface area (Å²) in [6, 6.07) is 11.4. The Morgan fingerprint density at radius 1 is 1.08 bits per heavy atom. The average molecular weight is 475 g/mol.